The van der Waals surface area contributed by atoms with Gasteiger partial charge in [-0.1, -0.05) is 73.5 Å². The van der Waals surface area contributed by atoms with Crippen LogP contribution in [0.25, 0.3) is 0 Å². The minimum Gasteiger partial charge on any atom is -0.379 e. The van der Waals surface area contributed by atoms with Crippen LogP contribution in [0.2, 0.25) is 0 Å². The number of ether oxygens (including phenoxy) is 1. The summed E-state index contributed by atoms with van der Waals surface area (Å²) in [6.45, 7) is 0. The Morgan fingerprint density at radius 3 is 1.95 bits per heavy atom. The molecule has 1 fully saturated rings. The van der Waals surface area contributed by atoms with Crippen LogP contribution in [0.15, 0.2) is 65.7 Å². The van der Waals surface area contributed by atoms with E-state index in [0.717, 1.165) is 18.6 Å². The highest BCUT2D eigenvalue weighted by molar-refractivity contribution is 6.12. The number of hydrogen-bond acceptors (Lipinski definition) is 2. The summed E-state index contributed by atoms with van der Waals surface area (Å²) in [6.07, 6.45) is 4.96. The second-order valence-electron chi connectivity index (χ2n) is 5.84. The minimum absolute atomic E-state index is 0.246. The van der Waals surface area contributed by atoms with E-state index in [0.29, 0.717) is 0 Å². The van der Waals surface area contributed by atoms with Gasteiger partial charge in [0.05, 0.1) is 17.9 Å². The number of aliphatic imine (C=N–C) groups is 1. The molecule has 2 heteroatoms. The number of nitrogens with zero attached hydrogens (tertiary/aromatic N) is 1. The molecule has 114 valence electrons. The van der Waals surface area contributed by atoms with Crippen molar-refractivity contribution in [3.05, 3.63) is 71.8 Å². The van der Waals surface area contributed by atoms with E-state index in [4.69, 9.17) is 9.73 Å². The van der Waals surface area contributed by atoms with Crippen LogP contribution >= 0.6 is 0 Å². The second kappa shape index (κ2) is 7.37. The first kappa shape index (κ1) is 15.0. The highest BCUT2D eigenvalue weighted by Gasteiger charge is 2.25. The maximum Gasteiger partial charge on any atom is 0.0794 e. The SMILES string of the molecule is CO[C@H]1CCCC[C@@H]1N=C(c1ccccc1)c1ccccc1. The Morgan fingerprint density at radius 2 is 1.41 bits per heavy atom. The molecule has 0 saturated heterocycles. The summed E-state index contributed by atoms with van der Waals surface area (Å²) in [5.41, 5.74) is 3.43. The van der Waals surface area contributed by atoms with Crippen molar-refractivity contribution in [3.8, 4) is 0 Å². The molecule has 0 amide bonds. The highest BCUT2D eigenvalue weighted by Crippen LogP contribution is 2.25. The fourth-order valence-corrected chi connectivity index (χ4v) is 3.17. The molecule has 0 radical (unpaired) electrons. The van der Waals surface area contributed by atoms with Gasteiger partial charge in [-0.05, 0) is 12.8 Å². The third-order valence-corrected chi connectivity index (χ3v) is 4.36. The van der Waals surface area contributed by atoms with E-state index < -0.39 is 0 Å². The minimum atomic E-state index is 0.246. The average Bonchev–Trinajstić information content (AvgIpc) is 2.61. The van der Waals surface area contributed by atoms with Crippen LogP contribution in [0.3, 0.4) is 0 Å². The number of methoxy groups -OCH3 is 1. The van der Waals surface area contributed by atoms with E-state index in [2.05, 4.69) is 48.5 Å². The zero-order valence-corrected chi connectivity index (χ0v) is 13.1. The van der Waals surface area contributed by atoms with Crippen LogP contribution in [-0.2, 0) is 4.74 Å². The zero-order chi connectivity index (χ0) is 15.2. The first-order valence-electron chi connectivity index (χ1n) is 8.10. The van der Waals surface area contributed by atoms with Gasteiger partial charge in [0.2, 0.25) is 0 Å². The molecular weight excluding hydrogens is 270 g/mol. The van der Waals surface area contributed by atoms with Crippen molar-refractivity contribution in [2.75, 3.05) is 7.11 Å². The highest BCUT2D eigenvalue weighted by atomic mass is 16.5. The maximum absolute atomic E-state index is 5.67. The van der Waals surface area contributed by atoms with Crippen LogP contribution in [0.1, 0.15) is 36.8 Å². The molecule has 2 atom stereocenters. The summed E-state index contributed by atoms with van der Waals surface area (Å²) in [6, 6.07) is 21.2. The van der Waals surface area contributed by atoms with Crippen molar-refractivity contribution in [3.63, 3.8) is 0 Å². The summed E-state index contributed by atoms with van der Waals surface area (Å²) >= 11 is 0. The molecule has 0 heterocycles. The smallest absolute Gasteiger partial charge is 0.0794 e. The van der Waals surface area contributed by atoms with Crippen molar-refractivity contribution >= 4 is 5.71 Å². The summed E-state index contributed by atoms with van der Waals surface area (Å²) in [4.78, 5) is 5.12. The van der Waals surface area contributed by atoms with Gasteiger partial charge in [-0.25, -0.2) is 0 Å². The lowest BCUT2D eigenvalue weighted by Gasteiger charge is -2.28. The maximum atomic E-state index is 5.67. The molecule has 1 aliphatic carbocycles. The summed E-state index contributed by atoms with van der Waals surface area (Å²) < 4.78 is 5.67. The van der Waals surface area contributed by atoms with Crippen molar-refractivity contribution < 1.29 is 4.74 Å². The Bertz CT molecular complexity index is 565. The van der Waals surface area contributed by atoms with Crippen molar-refractivity contribution in [2.24, 2.45) is 4.99 Å². The van der Waals surface area contributed by atoms with Crippen LogP contribution in [-0.4, -0.2) is 25.0 Å². The van der Waals surface area contributed by atoms with Crippen LogP contribution in [0, 0.1) is 0 Å². The number of benzene rings is 2. The number of rotatable bonds is 4. The molecule has 0 N–H and O–H groups in total. The standard InChI is InChI=1S/C20H23NO/c1-22-19-15-9-8-14-18(19)21-20(16-10-4-2-5-11-16)17-12-6-3-7-13-17/h2-7,10-13,18-19H,8-9,14-15H2,1H3/t18-,19-/m0/s1. The van der Waals surface area contributed by atoms with Crippen LogP contribution in [0.4, 0.5) is 0 Å². The predicted octanol–water partition coefficient (Wildman–Crippen LogP) is 4.48. The van der Waals surface area contributed by atoms with Crippen molar-refractivity contribution in [1.29, 1.82) is 0 Å². The lowest BCUT2D eigenvalue weighted by molar-refractivity contribution is 0.0553. The van der Waals surface area contributed by atoms with Crippen molar-refractivity contribution in [2.45, 2.75) is 37.8 Å². The van der Waals surface area contributed by atoms with E-state index >= 15 is 0 Å². The molecule has 1 aliphatic rings. The lowest BCUT2D eigenvalue weighted by Crippen LogP contribution is -2.31. The third kappa shape index (κ3) is 3.45. The van der Waals surface area contributed by atoms with Gasteiger partial charge in [-0.15, -0.1) is 0 Å². The van der Waals surface area contributed by atoms with Crippen LogP contribution in [0.5, 0.6) is 0 Å². The Balaban J connectivity index is 2.00. The van der Waals surface area contributed by atoms with Gasteiger partial charge in [-0.3, -0.25) is 4.99 Å². The van der Waals surface area contributed by atoms with Gasteiger partial charge >= 0.3 is 0 Å². The van der Waals surface area contributed by atoms with Gasteiger partial charge < -0.3 is 4.74 Å². The Labute approximate surface area is 132 Å². The molecule has 1 saturated carbocycles. The van der Waals surface area contributed by atoms with Gasteiger partial charge in [0.1, 0.15) is 0 Å². The van der Waals surface area contributed by atoms with Gasteiger partial charge in [0.25, 0.3) is 0 Å². The Hall–Kier alpha value is -1.93. The molecule has 2 aromatic rings. The first-order valence-corrected chi connectivity index (χ1v) is 8.10. The normalized spacial score (nSPS) is 21.3. The third-order valence-electron chi connectivity index (χ3n) is 4.36. The quantitative estimate of drug-likeness (QED) is 0.762. The first-order chi connectivity index (χ1) is 10.9. The van der Waals surface area contributed by atoms with E-state index in [-0.39, 0.29) is 12.1 Å². The van der Waals surface area contributed by atoms with E-state index in [1.54, 1.807) is 0 Å². The van der Waals surface area contributed by atoms with E-state index in [9.17, 15) is 0 Å². The second-order valence-corrected chi connectivity index (χ2v) is 5.84. The Kier molecular flexibility index (Phi) is 5.02. The summed E-state index contributed by atoms with van der Waals surface area (Å²) in [5.74, 6) is 0. The predicted molar refractivity (Wildman–Crippen MR) is 91.6 cm³/mol. The fourth-order valence-electron chi connectivity index (χ4n) is 3.17. The number of hydrogen-bond donors (Lipinski definition) is 0. The molecule has 0 aliphatic heterocycles. The molecule has 0 aromatic heterocycles. The van der Waals surface area contributed by atoms with E-state index in [1.807, 2.05) is 19.2 Å². The molecule has 0 unspecified atom stereocenters. The van der Waals surface area contributed by atoms with Crippen LogP contribution < -0.4 is 0 Å². The van der Waals surface area contributed by atoms with Crippen molar-refractivity contribution in [1.82, 2.24) is 0 Å². The molecule has 22 heavy (non-hydrogen) atoms. The topological polar surface area (TPSA) is 21.6 Å². The Morgan fingerprint density at radius 1 is 0.864 bits per heavy atom. The molecule has 2 aromatic carbocycles. The average molecular weight is 293 g/mol. The molecule has 3 rings (SSSR count). The summed E-state index contributed by atoms with van der Waals surface area (Å²) in [7, 11) is 1.81. The van der Waals surface area contributed by atoms with Gasteiger partial charge in [0.15, 0.2) is 0 Å². The largest absolute Gasteiger partial charge is 0.379 e. The summed E-state index contributed by atoms with van der Waals surface area (Å²) in [5, 5.41) is 0. The monoisotopic (exact) mass is 293 g/mol. The molecule has 0 spiro atoms. The zero-order valence-electron chi connectivity index (χ0n) is 13.1. The van der Waals surface area contributed by atoms with E-state index in [1.165, 1.54) is 24.0 Å². The molecule has 2 nitrogen and oxygen atoms in total. The van der Waals surface area contributed by atoms with Gasteiger partial charge in [0, 0.05) is 18.2 Å². The lowest BCUT2D eigenvalue weighted by atomic mass is 9.92. The molecule has 0 bridgehead atoms. The molecular formula is C20H23NO. The fraction of sp³-hybridized carbons (Fsp3) is 0.350. The van der Waals surface area contributed by atoms with Gasteiger partial charge in [-0.2, -0.15) is 0 Å².